The van der Waals surface area contributed by atoms with Crippen LogP contribution < -0.4 is 9.47 Å². The van der Waals surface area contributed by atoms with Crippen molar-refractivity contribution in [3.05, 3.63) is 23.8 Å². The van der Waals surface area contributed by atoms with Crippen molar-refractivity contribution in [2.75, 3.05) is 27.3 Å². The zero-order valence-corrected chi connectivity index (χ0v) is 13.5. The van der Waals surface area contributed by atoms with Crippen LogP contribution >= 0.6 is 0 Å². The van der Waals surface area contributed by atoms with Crippen molar-refractivity contribution in [1.29, 1.82) is 5.26 Å². The Morgan fingerprint density at radius 3 is 2.14 bits per heavy atom. The second-order valence-corrected chi connectivity index (χ2v) is 6.49. The molecule has 1 aliphatic rings. The molecule has 0 saturated carbocycles. The van der Waals surface area contributed by atoms with E-state index in [0.717, 1.165) is 30.2 Å². The molecule has 1 aromatic carbocycles. The van der Waals surface area contributed by atoms with Crippen LogP contribution in [-0.4, -0.2) is 37.7 Å². The fourth-order valence-corrected chi connectivity index (χ4v) is 3.02. The first-order chi connectivity index (χ1) is 9.92. The van der Waals surface area contributed by atoms with Crippen molar-refractivity contribution in [3.8, 4) is 17.6 Å². The van der Waals surface area contributed by atoms with Crippen molar-refractivity contribution in [2.24, 2.45) is 5.92 Å². The summed E-state index contributed by atoms with van der Waals surface area (Å²) < 4.78 is 11.0. The molecule has 1 saturated heterocycles. The Hall–Kier alpha value is -1.73. The first-order valence-electron chi connectivity index (χ1n) is 7.28. The van der Waals surface area contributed by atoms with Gasteiger partial charge in [-0.25, -0.2) is 0 Å². The highest BCUT2D eigenvalue weighted by Crippen LogP contribution is 2.43. The largest absolute Gasteiger partial charge is 0.496 e. The Bertz CT molecular complexity index is 520. The van der Waals surface area contributed by atoms with Gasteiger partial charge >= 0.3 is 0 Å². The number of likely N-dealkylation sites (tertiary alicyclic amines) is 1. The summed E-state index contributed by atoms with van der Waals surface area (Å²) in [5, 5.41) is 9.55. The van der Waals surface area contributed by atoms with E-state index in [1.807, 2.05) is 18.2 Å². The maximum atomic E-state index is 9.55. The lowest BCUT2D eigenvalue weighted by molar-refractivity contribution is 0.170. The smallest absolute Gasteiger partial charge is 0.126 e. The van der Waals surface area contributed by atoms with Crippen molar-refractivity contribution in [1.82, 2.24) is 4.90 Å². The minimum absolute atomic E-state index is 0.0468. The third kappa shape index (κ3) is 2.98. The van der Waals surface area contributed by atoms with Gasteiger partial charge in [0.2, 0.25) is 0 Å². The van der Waals surface area contributed by atoms with E-state index in [0.29, 0.717) is 0 Å². The van der Waals surface area contributed by atoms with E-state index >= 15 is 0 Å². The molecule has 0 aliphatic carbocycles. The molecule has 114 valence electrons. The molecule has 0 spiro atoms. The summed E-state index contributed by atoms with van der Waals surface area (Å²) in [6.45, 7) is 8.18. The molecular weight excluding hydrogens is 264 g/mol. The molecule has 0 unspecified atom stereocenters. The fourth-order valence-electron chi connectivity index (χ4n) is 3.02. The van der Waals surface area contributed by atoms with Gasteiger partial charge in [-0.3, -0.25) is 4.90 Å². The molecular formula is C17H24N2O2. The van der Waals surface area contributed by atoms with Gasteiger partial charge in [0.25, 0.3) is 0 Å². The second kappa shape index (κ2) is 5.95. The predicted molar refractivity (Wildman–Crippen MR) is 82.7 cm³/mol. The molecule has 1 fully saturated rings. The van der Waals surface area contributed by atoms with Gasteiger partial charge in [0.1, 0.15) is 11.5 Å². The molecule has 0 N–H and O–H groups in total. The van der Waals surface area contributed by atoms with Crippen LogP contribution in [0.4, 0.5) is 0 Å². The molecule has 1 aromatic rings. The second-order valence-electron chi connectivity index (χ2n) is 6.49. The van der Waals surface area contributed by atoms with E-state index in [4.69, 9.17) is 9.47 Å². The molecule has 4 heteroatoms. The van der Waals surface area contributed by atoms with Gasteiger partial charge in [0, 0.05) is 30.1 Å². The minimum Gasteiger partial charge on any atom is -0.496 e. The standard InChI is InChI=1S/C17H24N2O2/c1-17(2,3)19-10-12(9-18)13(11-19)16-14(20-4)7-6-8-15(16)21-5/h6-8,12-13H,10-11H2,1-5H3/t12-,13-/m1/s1. The van der Waals surface area contributed by atoms with E-state index in [-0.39, 0.29) is 17.4 Å². The Morgan fingerprint density at radius 2 is 1.71 bits per heavy atom. The molecule has 1 aliphatic heterocycles. The van der Waals surface area contributed by atoms with Gasteiger partial charge in [-0.1, -0.05) is 6.07 Å². The maximum absolute atomic E-state index is 9.55. The summed E-state index contributed by atoms with van der Waals surface area (Å²) in [7, 11) is 3.33. The number of benzene rings is 1. The summed E-state index contributed by atoms with van der Waals surface area (Å²) in [5.41, 5.74) is 1.07. The van der Waals surface area contributed by atoms with Crippen molar-refractivity contribution in [2.45, 2.75) is 32.2 Å². The average Bonchev–Trinajstić information content (AvgIpc) is 2.90. The molecule has 0 bridgehead atoms. The summed E-state index contributed by atoms with van der Waals surface area (Å²) in [5.74, 6) is 1.67. The lowest BCUT2D eigenvalue weighted by Crippen LogP contribution is -2.39. The summed E-state index contributed by atoms with van der Waals surface area (Å²) in [6, 6.07) is 8.25. The van der Waals surface area contributed by atoms with Crippen LogP contribution in [0.25, 0.3) is 0 Å². The first kappa shape index (κ1) is 15.7. The van der Waals surface area contributed by atoms with Crippen LogP contribution in [0.15, 0.2) is 18.2 Å². The molecule has 2 atom stereocenters. The average molecular weight is 288 g/mol. The van der Waals surface area contributed by atoms with Gasteiger partial charge in [-0.05, 0) is 32.9 Å². The summed E-state index contributed by atoms with van der Waals surface area (Å²) >= 11 is 0. The molecule has 4 nitrogen and oxygen atoms in total. The zero-order valence-electron chi connectivity index (χ0n) is 13.5. The number of ether oxygens (including phenoxy) is 2. The molecule has 2 rings (SSSR count). The van der Waals surface area contributed by atoms with E-state index in [1.54, 1.807) is 14.2 Å². The third-order valence-electron chi connectivity index (χ3n) is 4.27. The highest BCUT2D eigenvalue weighted by Gasteiger charge is 2.40. The number of nitriles is 1. The minimum atomic E-state index is -0.0468. The predicted octanol–water partition coefficient (Wildman–Crippen LogP) is 3.04. The first-order valence-corrected chi connectivity index (χ1v) is 7.28. The monoisotopic (exact) mass is 288 g/mol. The van der Waals surface area contributed by atoms with E-state index in [1.165, 1.54) is 0 Å². The van der Waals surface area contributed by atoms with Crippen molar-refractivity contribution < 1.29 is 9.47 Å². The van der Waals surface area contributed by atoms with Crippen molar-refractivity contribution >= 4 is 0 Å². The Labute approximate surface area is 127 Å². The lowest BCUT2D eigenvalue weighted by Gasteiger charge is -2.31. The number of nitrogens with zero attached hydrogens (tertiary/aromatic N) is 2. The van der Waals surface area contributed by atoms with Crippen LogP contribution in [-0.2, 0) is 0 Å². The number of hydrogen-bond donors (Lipinski definition) is 0. The molecule has 0 aromatic heterocycles. The van der Waals surface area contributed by atoms with Gasteiger partial charge in [-0.2, -0.15) is 5.26 Å². The SMILES string of the molecule is COc1cccc(OC)c1[C@@H]1CN(C(C)(C)C)C[C@H]1C#N. The van der Waals surface area contributed by atoms with Crippen LogP contribution in [0.2, 0.25) is 0 Å². The van der Waals surface area contributed by atoms with Crippen LogP contribution in [0.1, 0.15) is 32.3 Å². The highest BCUT2D eigenvalue weighted by atomic mass is 16.5. The van der Waals surface area contributed by atoms with Crippen molar-refractivity contribution in [3.63, 3.8) is 0 Å². The van der Waals surface area contributed by atoms with E-state index in [9.17, 15) is 5.26 Å². The van der Waals surface area contributed by atoms with Gasteiger partial charge < -0.3 is 9.47 Å². The topological polar surface area (TPSA) is 45.5 Å². The summed E-state index contributed by atoms with van der Waals surface area (Å²) in [4.78, 5) is 2.36. The zero-order chi connectivity index (χ0) is 15.6. The maximum Gasteiger partial charge on any atom is 0.126 e. The number of rotatable bonds is 3. The Balaban J connectivity index is 2.44. The third-order valence-corrected chi connectivity index (χ3v) is 4.27. The van der Waals surface area contributed by atoms with E-state index in [2.05, 4.69) is 31.7 Å². The Morgan fingerprint density at radius 1 is 1.14 bits per heavy atom. The molecule has 1 heterocycles. The molecule has 0 amide bonds. The molecule has 0 radical (unpaired) electrons. The number of hydrogen-bond acceptors (Lipinski definition) is 4. The lowest BCUT2D eigenvalue weighted by atomic mass is 9.88. The van der Waals surface area contributed by atoms with Crippen LogP contribution in [0.3, 0.4) is 0 Å². The van der Waals surface area contributed by atoms with E-state index < -0.39 is 0 Å². The van der Waals surface area contributed by atoms with Crippen LogP contribution in [0, 0.1) is 17.2 Å². The van der Waals surface area contributed by atoms with Gasteiger partial charge in [-0.15, -0.1) is 0 Å². The highest BCUT2D eigenvalue weighted by molar-refractivity contribution is 5.48. The number of methoxy groups -OCH3 is 2. The Kier molecular flexibility index (Phi) is 4.43. The van der Waals surface area contributed by atoms with Gasteiger partial charge in [0.15, 0.2) is 0 Å². The quantitative estimate of drug-likeness (QED) is 0.857. The summed E-state index contributed by atoms with van der Waals surface area (Å²) in [6.07, 6.45) is 0. The van der Waals surface area contributed by atoms with Crippen LogP contribution in [0.5, 0.6) is 11.5 Å². The molecule has 21 heavy (non-hydrogen) atoms. The normalized spacial score (nSPS) is 22.9. The van der Waals surface area contributed by atoms with Gasteiger partial charge in [0.05, 0.1) is 26.2 Å². The fraction of sp³-hybridized carbons (Fsp3) is 0.588.